The van der Waals surface area contributed by atoms with Crippen molar-refractivity contribution in [3.63, 3.8) is 0 Å². The van der Waals surface area contributed by atoms with E-state index in [1.54, 1.807) is 10.7 Å². The van der Waals surface area contributed by atoms with Crippen molar-refractivity contribution in [2.75, 3.05) is 27.2 Å². The Bertz CT molecular complexity index is 1120. The van der Waals surface area contributed by atoms with Crippen LogP contribution in [0.5, 0.6) is 0 Å². The second kappa shape index (κ2) is 9.77. The van der Waals surface area contributed by atoms with Gasteiger partial charge in [0.15, 0.2) is 5.82 Å². The highest BCUT2D eigenvalue weighted by Gasteiger charge is 2.20. The van der Waals surface area contributed by atoms with Crippen molar-refractivity contribution in [2.24, 2.45) is 5.41 Å². The number of benzene rings is 2. The third-order valence-electron chi connectivity index (χ3n) is 4.78. The molecule has 1 amide bonds. The predicted molar refractivity (Wildman–Crippen MR) is 128 cm³/mol. The van der Waals surface area contributed by atoms with Crippen molar-refractivity contribution in [1.29, 1.82) is 0 Å². The molecular formula is C23H28ClN5OS. The number of H-pyrrole nitrogens is 1. The summed E-state index contributed by atoms with van der Waals surface area (Å²) in [4.78, 5) is 19.3. The standard InChI is InChI=1S/C23H28ClN5OS/c1-23(2,15-28(3)4)14-25-21(30)18-9-6-8-17(12-18)20-26-22(31)29(27-20)13-16-7-5-10-19(24)11-16/h5-12H,13-15H2,1-4H3,(H,25,30)(H,26,27,31). The van der Waals surface area contributed by atoms with Gasteiger partial charge < -0.3 is 10.2 Å². The van der Waals surface area contributed by atoms with E-state index in [0.29, 0.717) is 34.3 Å². The number of aromatic nitrogens is 3. The van der Waals surface area contributed by atoms with Crippen LogP contribution in [-0.4, -0.2) is 52.8 Å². The molecule has 0 bridgehead atoms. The van der Waals surface area contributed by atoms with Crippen LogP contribution in [0.3, 0.4) is 0 Å². The van der Waals surface area contributed by atoms with E-state index in [1.807, 2.05) is 56.6 Å². The molecule has 0 saturated heterocycles. The molecule has 3 aromatic rings. The van der Waals surface area contributed by atoms with Gasteiger partial charge in [0.2, 0.25) is 4.77 Å². The van der Waals surface area contributed by atoms with Crippen LogP contribution in [0.4, 0.5) is 0 Å². The van der Waals surface area contributed by atoms with Crippen molar-refractivity contribution in [3.05, 3.63) is 69.5 Å². The zero-order valence-electron chi connectivity index (χ0n) is 18.3. The first-order valence-electron chi connectivity index (χ1n) is 10.1. The monoisotopic (exact) mass is 457 g/mol. The molecule has 2 aromatic carbocycles. The number of nitrogens with zero attached hydrogens (tertiary/aromatic N) is 3. The lowest BCUT2D eigenvalue weighted by atomic mass is 9.93. The summed E-state index contributed by atoms with van der Waals surface area (Å²) in [5, 5.41) is 6.95. The number of hydrogen-bond donors (Lipinski definition) is 2. The molecule has 1 heterocycles. The minimum absolute atomic E-state index is 0.0269. The van der Waals surface area contributed by atoms with Crippen LogP contribution in [-0.2, 0) is 6.54 Å². The maximum atomic E-state index is 12.7. The van der Waals surface area contributed by atoms with E-state index in [9.17, 15) is 4.79 Å². The van der Waals surface area contributed by atoms with E-state index in [2.05, 4.69) is 34.1 Å². The van der Waals surface area contributed by atoms with Gasteiger partial charge in [-0.05, 0) is 61.6 Å². The summed E-state index contributed by atoms with van der Waals surface area (Å²) < 4.78 is 2.22. The van der Waals surface area contributed by atoms with Gasteiger partial charge in [-0.15, -0.1) is 0 Å². The first kappa shape index (κ1) is 23.2. The molecule has 0 spiro atoms. The largest absolute Gasteiger partial charge is 0.351 e. The van der Waals surface area contributed by atoms with Gasteiger partial charge in [0.25, 0.3) is 5.91 Å². The first-order chi connectivity index (χ1) is 14.6. The minimum atomic E-state index is -0.106. The number of halogens is 1. The highest BCUT2D eigenvalue weighted by Crippen LogP contribution is 2.19. The molecule has 2 N–H and O–H groups in total. The van der Waals surface area contributed by atoms with Gasteiger partial charge >= 0.3 is 0 Å². The minimum Gasteiger partial charge on any atom is -0.351 e. The van der Waals surface area contributed by atoms with Crippen molar-refractivity contribution in [3.8, 4) is 11.4 Å². The van der Waals surface area contributed by atoms with Crippen molar-refractivity contribution >= 4 is 29.7 Å². The molecular weight excluding hydrogens is 430 g/mol. The van der Waals surface area contributed by atoms with Crippen molar-refractivity contribution in [2.45, 2.75) is 20.4 Å². The van der Waals surface area contributed by atoms with Gasteiger partial charge in [-0.1, -0.05) is 49.7 Å². The SMILES string of the molecule is CN(C)CC(C)(C)CNC(=O)c1cccc(-c2nc(=S)n(Cc3cccc(Cl)c3)[nH]2)c1. The van der Waals surface area contributed by atoms with Gasteiger partial charge in [0.05, 0.1) is 6.54 Å². The first-order valence-corrected chi connectivity index (χ1v) is 10.9. The average molecular weight is 458 g/mol. The fourth-order valence-corrected chi connectivity index (χ4v) is 3.97. The number of carbonyl (C=O) groups excluding carboxylic acids is 1. The lowest BCUT2D eigenvalue weighted by Gasteiger charge is -2.28. The van der Waals surface area contributed by atoms with Gasteiger partial charge in [0.1, 0.15) is 0 Å². The Morgan fingerprint density at radius 2 is 1.97 bits per heavy atom. The van der Waals surface area contributed by atoms with E-state index in [1.165, 1.54) is 0 Å². The molecule has 1 aromatic heterocycles. The van der Waals surface area contributed by atoms with Gasteiger partial charge in [0, 0.05) is 29.2 Å². The van der Waals surface area contributed by atoms with Gasteiger partial charge in [-0.25, -0.2) is 0 Å². The molecule has 0 radical (unpaired) electrons. The molecule has 0 aliphatic rings. The summed E-state index contributed by atoms with van der Waals surface area (Å²) in [7, 11) is 4.06. The Morgan fingerprint density at radius 3 is 2.68 bits per heavy atom. The summed E-state index contributed by atoms with van der Waals surface area (Å²) in [6.07, 6.45) is 0. The topological polar surface area (TPSA) is 66.0 Å². The predicted octanol–water partition coefficient (Wildman–Crippen LogP) is 4.63. The lowest BCUT2D eigenvalue weighted by molar-refractivity contribution is 0.0929. The summed E-state index contributed by atoms with van der Waals surface area (Å²) in [5.41, 5.74) is 2.38. The zero-order chi connectivity index (χ0) is 22.6. The molecule has 0 aliphatic carbocycles. The molecule has 31 heavy (non-hydrogen) atoms. The Kier molecular flexibility index (Phi) is 7.30. The van der Waals surface area contributed by atoms with Crippen LogP contribution < -0.4 is 5.32 Å². The fourth-order valence-electron chi connectivity index (χ4n) is 3.55. The van der Waals surface area contributed by atoms with Crippen molar-refractivity contribution in [1.82, 2.24) is 25.0 Å². The van der Waals surface area contributed by atoms with E-state index >= 15 is 0 Å². The highest BCUT2D eigenvalue weighted by atomic mass is 35.5. The summed E-state index contributed by atoms with van der Waals surface area (Å²) in [6, 6.07) is 15.0. The second-order valence-corrected chi connectivity index (χ2v) is 9.54. The smallest absolute Gasteiger partial charge is 0.251 e. The normalized spacial score (nSPS) is 11.7. The van der Waals surface area contributed by atoms with E-state index in [4.69, 9.17) is 23.8 Å². The van der Waals surface area contributed by atoms with Gasteiger partial charge in [-0.3, -0.25) is 14.6 Å². The molecule has 8 heteroatoms. The Balaban J connectivity index is 1.74. The molecule has 0 aliphatic heterocycles. The fraction of sp³-hybridized carbons (Fsp3) is 0.348. The molecule has 164 valence electrons. The van der Waals surface area contributed by atoms with Crippen LogP contribution in [0, 0.1) is 10.2 Å². The maximum Gasteiger partial charge on any atom is 0.251 e. The molecule has 0 saturated carbocycles. The molecule has 3 rings (SSSR count). The third-order valence-corrected chi connectivity index (χ3v) is 5.33. The van der Waals surface area contributed by atoms with E-state index in [0.717, 1.165) is 17.7 Å². The summed E-state index contributed by atoms with van der Waals surface area (Å²) in [6.45, 7) is 6.28. The van der Waals surface area contributed by atoms with Crippen LogP contribution in [0.25, 0.3) is 11.4 Å². The zero-order valence-corrected chi connectivity index (χ0v) is 19.8. The van der Waals surface area contributed by atoms with Crippen molar-refractivity contribution < 1.29 is 4.79 Å². The Morgan fingerprint density at radius 1 is 1.23 bits per heavy atom. The quantitative estimate of drug-likeness (QED) is 0.484. The molecule has 0 atom stereocenters. The summed E-state index contributed by atoms with van der Waals surface area (Å²) >= 11 is 11.5. The van der Waals surface area contributed by atoms with E-state index in [-0.39, 0.29) is 11.3 Å². The number of rotatable bonds is 8. The van der Waals surface area contributed by atoms with Crippen LogP contribution in [0.2, 0.25) is 5.02 Å². The number of carbonyl (C=O) groups is 1. The van der Waals surface area contributed by atoms with Crippen LogP contribution in [0.1, 0.15) is 29.8 Å². The summed E-state index contributed by atoms with van der Waals surface area (Å²) in [5.74, 6) is 0.514. The number of nitrogens with one attached hydrogen (secondary N) is 2. The second-order valence-electron chi connectivity index (χ2n) is 8.74. The van der Waals surface area contributed by atoms with Crippen LogP contribution in [0.15, 0.2) is 48.5 Å². The van der Waals surface area contributed by atoms with E-state index < -0.39 is 0 Å². The van der Waals surface area contributed by atoms with Crippen LogP contribution >= 0.6 is 23.8 Å². The average Bonchev–Trinajstić information content (AvgIpc) is 3.06. The molecule has 6 nitrogen and oxygen atoms in total. The molecule has 0 unspecified atom stereocenters. The number of aromatic amines is 1. The molecule has 0 fully saturated rings. The lowest BCUT2D eigenvalue weighted by Crippen LogP contribution is -2.39. The maximum absolute atomic E-state index is 12.7. The van der Waals surface area contributed by atoms with Gasteiger partial charge in [-0.2, -0.15) is 4.98 Å². The number of hydrogen-bond acceptors (Lipinski definition) is 4. The Labute approximate surface area is 193 Å². The highest BCUT2D eigenvalue weighted by molar-refractivity contribution is 7.71. The Hall–Kier alpha value is -2.48. The number of amides is 1. The third kappa shape index (κ3) is 6.50.